The summed E-state index contributed by atoms with van der Waals surface area (Å²) in [5.74, 6) is -0.576. The molecule has 0 heterocycles. The predicted molar refractivity (Wildman–Crippen MR) is 165 cm³/mol. The molecule has 212 valence electrons. The maximum atomic E-state index is 14.0. The number of hydrogen-bond donors (Lipinski definition) is 0. The Hall–Kier alpha value is -2.93. The van der Waals surface area contributed by atoms with Crippen molar-refractivity contribution in [3.05, 3.63) is 106 Å². The minimum atomic E-state index is -3.91. The van der Waals surface area contributed by atoms with Crippen LogP contribution in [0.2, 0.25) is 5.02 Å². The Morgan fingerprint density at radius 3 is 2.15 bits per heavy atom. The lowest BCUT2D eigenvalue weighted by molar-refractivity contribution is -0.938. The number of rotatable bonds is 12. The quantitative estimate of drug-likeness (QED) is 0.125. The number of aryl methyl sites for hydroxylation is 2. The molecule has 0 fully saturated rings. The summed E-state index contributed by atoms with van der Waals surface area (Å²) in [6.07, 6.45) is 1.51. The molecule has 0 unspecified atom stereocenters. The van der Waals surface area contributed by atoms with Crippen LogP contribution in [0.15, 0.2) is 83.8 Å². The number of anilines is 1. The topological polar surface area (TPSA) is 37.4 Å². The number of nitrogens with zero attached hydrogens (tertiary/aromatic N) is 2. The first-order valence-corrected chi connectivity index (χ1v) is 15.8. The molecule has 0 aliphatic rings. The van der Waals surface area contributed by atoms with E-state index in [1.807, 2.05) is 30.3 Å². The van der Waals surface area contributed by atoms with Gasteiger partial charge in [-0.15, -0.1) is 0 Å². The Labute approximate surface area is 243 Å². The van der Waals surface area contributed by atoms with Gasteiger partial charge in [0.05, 0.1) is 35.2 Å². The third kappa shape index (κ3) is 6.85. The molecule has 40 heavy (non-hydrogen) atoms. The van der Waals surface area contributed by atoms with Crippen LogP contribution >= 0.6 is 11.6 Å². The fraction of sp³-hybridized carbons (Fsp3) is 0.333. The molecule has 0 atom stereocenters. The second kappa shape index (κ2) is 12.7. The zero-order valence-electron chi connectivity index (χ0n) is 23.8. The van der Waals surface area contributed by atoms with Crippen LogP contribution in [0.25, 0.3) is 10.8 Å². The van der Waals surface area contributed by atoms with Crippen molar-refractivity contribution in [3.63, 3.8) is 0 Å². The van der Waals surface area contributed by atoms with Crippen LogP contribution in [0.4, 0.5) is 10.1 Å². The van der Waals surface area contributed by atoms with Crippen molar-refractivity contribution in [1.82, 2.24) is 0 Å². The maximum absolute atomic E-state index is 14.0. The third-order valence-corrected chi connectivity index (χ3v) is 10.00. The third-order valence-electron chi connectivity index (χ3n) is 7.88. The SMILES string of the molecule is CC[N+](CC)(CCCCN(c1ccc(F)c(Cl)c1)S(=O)(=O)c1ccc2ccccc2c1)Cc1cc(C)cc(C)c1. The van der Waals surface area contributed by atoms with Gasteiger partial charge in [0.25, 0.3) is 10.0 Å². The van der Waals surface area contributed by atoms with Crippen molar-refractivity contribution in [2.24, 2.45) is 0 Å². The second-order valence-corrected chi connectivity index (χ2v) is 13.0. The van der Waals surface area contributed by atoms with Gasteiger partial charge in [-0.2, -0.15) is 0 Å². The first-order valence-electron chi connectivity index (χ1n) is 14.0. The van der Waals surface area contributed by atoms with Gasteiger partial charge >= 0.3 is 0 Å². The van der Waals surface area contributed by atoms with Gasteiger partial charge in [0.1, 0.15) is 12.4 Å². The van der Waals surface area contributed by atoms with Crippen molar-refractivity contribution < 1.29 is 17.3 Å². The number of halogens is 2. The summed E-state index contributed by atoms with van der Waals surface area (Å²) in [6, 6.07) is 23.6. The summed E-state index contributed by atoms with van der Waals surface area (Å²) < 4.78 is 44.2. The van der Waals surface area contributed by atoms with Crippen LogP contribution in [-0.4, -0.2) is 39.1 Å². The molecule has 0 saturated heterocycles. The lowest BCUT2D eigenvalue weighted by Gasteiger charge is -2.37. The van der Waals surface area contributed by atoms with E-state index in [4.69, 9.17) is 11.6 Å². The van der Waals surface area contributed by atoms with Gasteiger partial charge in [-0.1, -0.05) is 71.3 Å². The van der Waals surface area contributed by atoms with E-state index in [2.05, 4.69) is 45.9 Å². The summed E-state index contributed by atoms with van der Waals surface area (Å²) >= 11 is 6.09. The Balaban J connectivity index is 1.56. The minimum absolute atomic E-state index is 0.0997. The molecule has 4 aromatic carbocycles. The molecule has 0 amide bonds. The van der Waals surface area contributed by atoms with Crippen molar-refractivity contribution >= 4 is 38.1 Å². The number of sulfonamides is 1. The summed E-state index contributed by atoms with van der Waals surface area (Å²) in [4.78, 5) is 0.203. The van der Waals surface area contributed by atoms with Crippen molar-refractivity contribution in [3.8, 4) is 0 Å². The molecule has 4 aromatic rings. The molecule has 0 aliphatic heterocycles. The van der Waals surface area contributed by atoms with Gasteiger partial charge in [-0.05, 0) is 81.6 Å². The van der Waals surface area contributed by atoms with Crippen LogP contribution < -0.4 is 4.31 Å². The molecular formula is C33H39ClFN2O2S+. The Morgan fingerprint density at radius 2 is 1.50 bits per heavy atom. The maximum Gasteiger partial charge on any atom is 0.264 e. The van der Waals surface area contributed by atoms with Gasteiger partial charge in [-0.3, -0.25) is 4.31 Å². The van der Waals surface area contributed by atoms with Crippen LogP contribution in [0.5, 0.6) is 0 Å². The summed E-state index contributed by atoms with van der Waals surface area (Å²) in [7, 11) is -3.91. The average Bonchev–Trinajstić information content (AvgIpc) is 2.93. The zero-order valence-corrected chi connectivity index (χ0v) is 25.4. The molecule has 4 nitrogen and oxygen atoms in total. The minimum Gasteiger partial charge on any atom is -0.320 e. The van der Waals surface area contributed by atoms with Gasteiger partial charge in [0, 0.05) is 12.1 Å². The van der Waals surface area contributed by atoms with E-state index in [9.17, 15) is 12.8 Å². The van der Waals surface area contributed by atoms with Gasteiger partial charge in [-0.25, -0.2) is 12.8 Å². The van der Waals surface area contributed by atoms with Crippen LogP contribution in [0.1, 0.15) is 43.4 Å². The normalized spacial score (nSPS) is 12.2. The van der Waals surface area contributed by atoms with E-state index in [1.54, 1.807) is 12.1 Å². The monoisotopic (exact) mass is 581 g/mol. The van der Waals surface area contributed by atoms with Gasteiger partial charge in [0.15, 0.2) is 0 Å². The summed E-state index contributed by atoms with van der Waals surface area (Å²) in [5, 5.41) is 1.72. The first kappa shape index (κ1) is 30.0. The fourth-order valence-electron chi connectivity index (χ4n) is 5.58. The van der Waals surface area contributed by atoms with E-state index in [-0.39, 0.29) is 16.5 Å². The van der Waals surface area contributed by atoms with Crippen LogP contribution in [-0.2, 0) is 16.6 Å². The molecule has 7 heteroatoms. The van der Waals surface area contributed by atoms with Gasteiger partial charge in [0.2, 0.25) is 0 Å². The summed E-state index contributed by atoms with van der Waals surface area (Å²) in [6.45, 7) is 12.9. The standard InChI is InChI=1S/C33H39ClFN2O2S/c1-5-37(6-2,24-27-20-25(3)19-26(4)21-27)18-10-9-17-36(30-14-16-33(35)32(34)23-30)40(38,39)31-15-13-28-11-7-8-12-29(28)22-31/h7-8,11-16,19-23H,5-6,9-10,17-18,24H2,1-4H3/q+1. The first-order chi connectivity index (χ1) is 19.1. The number of quaternary nitrogens is 1. The highest BCUT2D eigenvalue weighted by Gasteiger charge is 2.27. The molecule has 0 aliphatic carbocycles. The van der Waals surface area contributed by atoms with Crippen molar-refractivity contribution in [2.75, 3.05) is 30.5 Å². The number of benzene rings is 4. The van der Waals surface area contributed by atoms with E-state index in [0.29, 0.717) is 12.1 Å². The Kier molecular flexibility index (Phi) is 9.55. The lowest BCUT2D eigenvalue weighted by atomic mass is 10.1. The van der Waals surface area contributed by atoms with E-state index in [1.165, 1.54) is 39.2 Å². The smallest absolute Gasteiger partial charge is 0.264 e. The molecule has 4 rings (SSSR count). The van der Waals surface area contributed by atoms with Crippen LogP contribution in [0, 0.1) is 19.7 Å². The molecule has 0 N–H and O–H groups in total. The Bertz CT molecular complexity index is 1560. The molecule has 0 spiro atoms. The van der Waals surface area contributed by atoms with E-state index >= 15 is 0 Å². The van der Waals surface area contributed by atoms with Crippen molar-refractivity contribution in [2.45, 2.75) is 52.0 Å². The van der Waals surface area contributed by atoms with E-state index in [0.717, 1.165) is 47.9 Å². The van der Waals surface area contributed by atoms with Crippen LogP contribution in [0.3, 0.4) is 0 Å². The molecule has 0 saturated carbocycles. The highest BCUT2D eigenvalue weighted by Crippen LogP contribution is 2.30. The largest absolute Gasteiger partial charge is 0.320 e. The van der Waals surface area contributed by atoms with Crippen molar-refractivity contribution in [1.29, 1.82) is 0 Å². The average molecular weight is 582 g/mol. The predicted octanol–water partition coefficient (Wildman–Crippen LogP) is 8.28. The number of fused-ring (bicyclic) bond motifs is 1. The fourth-order valence-corrected chi connectivity index (χ4v) is 7.28. The van der Waals surface area contributed by atoms with Gasteiger partial charge < -0.3 is 4.48 Å². The lowest BCUT2D eigenvalue weighted by Crippen LogP contribution is -2.47. The zero-order chi connectivity index (χ0) is 28.9. The van der Waals surface area contributed by atoms with E-state index < -0.39 is 15.8 Å². The second-order valence-electron chi connectivity index (χ2n) is 10.7. The molecule has 0 aromatic heterocycles. The number of hydrogen-bond acceptors (Lipinski definition) is 2. The highest BCUT2D eigenvalue weighted by atomic mass is 35.5. The number of unbranched alkanes of at least 4 members (excludes halogenated alkanes) is 1. The molecule has 0 radical (unpaired) electrons. The Morgan fingerprint density at radius 1 is 0.825 bits per heavy atom. The summed E-state index contributed by atoms with van der Waals surface area (Å²) in [5.41, 5.74) is 4.24. The molecular weight excluding hydrogens is 543 g/mol. The molecule has 0 bridgehead atoms. The highest BCUT2D eigenvalue weighted by molar-refractivity contribution is 7.92.